The summed E-state index contributed by atoms with van der Waals surface area (Å²) in [6, 6.07) is 6.05. The van der Waals surface area contributed by atoms with Crippen molar-refractivity contribution >= 4 is 40.1 Å². The van der Waals surface area contributed by atoms with Crippen LogP contribution in [-0.2, 0) is 0 Å². The van der Waals surface area contributed by atoms with Gasteiger partial charge in [-0.05, 0) is 61.4 Å². The van der Waals surface area contributed by atoms with Crippen molar-refractivity contribution in [3.05, 3.63) is 32.9 Å². The molecule has 0 aliphatic carbocycles. The smallest absolute Gasteiger partial charge is 0.255 e. The Morgan fingerprint density at radius 2 is 2.11 bits per heavy atom. The number of hydrogen-bond acceptors (Lipinski definition) is 1. The summed E-state index contributed by atoms with van der Waals surface area (Å²) < 4.78 is 1.04. The molecule has 1 aromatic carbocycles. The maximum Gasteiger partial charge on any atom is 0.255 e. The van der Waals surface area contributed by atoms with Crippen molar-refractivity contribution in [3.8, 4) is 0 Å². The highest BCUT2D eigenvalue weighted by atomic mass is 127. The average molecular weight is 380 g/mol. The largest absolute Gasteiger partial charge is 0.336 e. The fourth-order valence-corrected chi connectivity index (χ4v) is 2.50. The first-order chi connectivity index (χ1) is 8.49. The molecule has 0 N–H and O–H groups in total. The van der Waals surface area contributed by atoms with E-state index >= 15 is 0 Å². The van der Waals surface area contributed by atoms with Gasteiger partial charge in [-0.25, -0.2) is 0 Å². The van der Waals surface area contributed by atoms with E-state index in [2.05, 4.69) is 22.6 Å². The minimum Gasteiger partial charge on any atom is -0.336 e. The summed E-state index contributed by atoms with van der Waals surface area (Å²) in [6.07, 6.45) is 0.827. The zero-order valence-electron chi connectivity index (χ0n) is 11.0. The van der Waals surface area contributed by atoms with Crippen LogP contribution in [0.2, 0.25) is 0 Å². The zero-order chi connectivity index (χ0) is 13.7. The monoisotopic (exact) mass is 379 g/mol. The first-order valence-corrected chi connectivity index (χ1v) is 7.72. The predicted molar refractivity (Wildman–Crippen MR) is 85.4 cm³/mol. The summed E-state index contributed by atoms with van der Waals surface area (Å²) in [7, 11) is 0. The van der Waals surface area contributed by atoms with Gasteiger partial charge < -0.3 is 4.90 Å². The minimum atomic E-state index is 0.100. The van der Waals surface area contributed by atoms with E-state index in [0.29, 0.717) is 12.4 Å². The third kappa shape index (κ3) is 3.85. The molecule has 18 heavy (non-hydrogen) atoms. The van der Waals surface area contributed by atoms with E-state index in [1.54, 1.807) is 0 Å². The molecule has 0 bridgehead atoms. The fraction of sp³-hybridized carbons (Fsp3) is 0.500. The molecule has 0 spiro atoms. The second kappa shape index (κ2) is 7.34. The number of aryl methyl sites for hydroxylation is 1. The van der Waals surface area contributed by atoms with Crippen LogP contribution in [0.5, 0.6) is 0 Å². The lowest BCUT2D eigenvalue weighted by atomic mass is 10.1. The third-order valence-corrected chi connectivity index (χ3v) is 4.54. The van der Waals surface area contributed by atoms with Crippen LogP contribution >= 0.6 is 34.2 Å². The highest BCUT2D eigenvalue weighted by Gasteiger charge is 2.20. The molecule has 4 heteroatoms. The first kappa shape index (κ1) is 15.8. The lowest BCUT2D eigenvalue weighted by Crippen LogP contribution is -2.38. The van der Waals surface area contributed by atoms with Gasteiger partial charge in [-0.2, -0.15) is 0 Å². The maximum atomic E-state index is 12.5. The molecule has 0 fully saturated rings. The molecule has 0 aliphatic rings. The molecule has 0 saturated carbocycles. The number of nitrogens with zero attached hydrogens (tertiary/aromatic N) is 1. The highest BCUT2D eigenvalue weighted by Crippen LogP contribution is 2.19. The molecule has 0 saturated heterocycles. The van der Waals surface area contributed by atoms with Gasteiger partial charge in [-0.3, -0.25) is 4.79 Å². The van der Waals surface area contributed by atoms with Crippen molar-refractivity contribution in [3.63, 3.8) is 0 Å². The Hall–Kier alpha value is -0.290. The molecule has 100 valence electrons. The van der Waals surface area contributed by atoms with E-state index in [0.717, 1.165) is 21.1 Å². The van der Waals surface area contributed by atoms with Crippen LogP contribution in [0.15, 0.2) is 18.2 Å². The van der Waals surface area contributed by atoms with E-state index in [4.69, 9.17) is 11.6 Å². The molecule has 0 aliphatic heterocycles. The molecular weight excluding hydrogens is 361 g/mol. The number of amides is 1. The number of hydrogen-bond donors (Lipinski definition) is 0. The summed E-state index contributed by atoms with van der Waals surface area (Å²) in [5.74, 6) is 0.685. The maximum absolute atomic E-state index is 12.5. The van der Waals surface area contributed by atoms with Gasteiger partial charge in [0, 0.05) is 22.0 Å². The summed E-state index contributed by atoms with van der Waals surface area (Å²) in [4.78, 5) is 14.4. The molecule has 1 aromatic rings. The highest BCUT2D eigenvalue weighted by molar-refractivity contribution is 14.1. The minimum absolute atomic E-state index is 0.100. The fourth-order valence-electron chi connectivity index (χ4n) is 1.79. The Bertz CT molecular complexity index is 420. The number of benzene rings is 1. The summed E-state index contributed by atoms with van der Waals surface area (Å²) >= 11 is 7.96. The van der Waals surface area contributed by atoms with Gasteiger partial charge in [0.05, 0.1) is 5.56 Å². The van der Waals surface area contributed by atoms with Crippen molar-refractivity contribution in [2.24, 2.45) is 0 Å². The molecule has 1 amide bonds. The lowest BCUT2D eigenvalue weighted by molar-refractivity contribution is 0.0705. The van der Waals surface area contributed by atoms with Crippen molar-refractivity contribution in [2.75, 3.05) is 12.4 Å². The topological polar surface area (TPSA) is 20.3 Å². The zero-order valence-corrected chi connectivity index (χ0v) is 14.0. The molecule has 0 aromatic heterocycles. The molecule has 0 radical (unpaired) electrons. The third-order valence-electron chi connectivity index (χ3n) is 2.84. The van der Waals surface area contributed by atoms with Crippen molar-refractivity contribution in [1.29, 1.82) is 0 Å². The van der Waals surface area contributed by atoms with Crippen LogP contribution in [0.4, 0.5) is 0 Å². The summed E-state index contributed by atoms with van der Waals surface area (Å²) in [6.45, 7) is 6.81. The van der Waals surface area contributed by atoms with Gasteiger partial charge in [0.1, 0.15) is 0 Å². The number of carbonyl (C=O) groups is 1. The summed E-state index contributed by atoms with van der Waals surface area (Å²) in [5, 5.41) is 0. The van der Waals surface area contributed by atoms with Crippen LogP contribution in [0.25, 0.3) is 0 Å². The standard InChI is InChI=1S/C14H19ClINO/c1-10(2)17(9-5-8-15)14(18)12-7-4-6-11(3)13(12)16/h4,6-7,10H,5,8-9H2,1-3H3. The SMILES string of the molecule is Cc1cccc(C(=O)N(CCCCl)C(C)C)c1I. The molecule has 1 rings (SSSR count). The van der Waals surface area contributed by atoms with Crippen LogP contribution in [-0.4, -0.2) is 29.3 Å². The lowest BCUT2D eigenvalue weighted by Gasteiger charge is -2.27. The molecule has 0 unspecified atom stereocenters. The van der Waals surface area contributed by atoms with Crippen LogP contribution in [0.3, 0.4) is 0 Å². The molecule has 0 atom stereocenters. The molecule has 0 heterocycles. The van der Waals surface area contributed by atoms with Crippen molar-refractivity contribution in [2.45, 2.75) is 33.2 Å². The Labute approximate surface area is 128 Å². The quantitative estimate of drug-likeness (QED) is 0.558. The normalized spacial score (nSPS) is 10.8. The second-order valence-corrected chi connectivity index (χ2v) is 6.03. The van der Waals surface area contributed by atoms with E-state index in [-0.39, 0.29) is 11.9 Å². The first-order valence-electron chi connectivity index (χ1n) is 6.11. The number of halogens is 2. The summed E-state index contributed by atoms with van der Waals surface area (Å²) in [5.41, 5.74) is 1.93. The van der Waals surface area contributed by atoms with Crippen LogP contribution in [0, 0.1) is 10.5 Å². The Kier molecular flexibility index (Phi) is 6.43. The average Bonchev–Trinajstić information content (AvgIpc) is 2.32. The van der Waals surface area contributed by atoms with Gasteiger partial charge in [0.15, 0.2) is 0 Å². The van der Waals surface area contributed by atoms with E-state index in [1.807, 2.05) is 43.9 Å². The van der Waals surface area contributed by atoms with E-state index in [9.17, 15) is 4.79 Å². The van der Waals surface area contributed by atoms with Crippen molar-refractivity contribution in [1.82, 2.24) is 4.90 Å². The Morgan fingerprint density at radius 3 is 2.67 bits per heavy atom. The van der Waals surface area contributed by atoms with E-state index in [1.165, 1.54) is 0 Å². The molecule has 2 nitrogen and oxygen atoms in total. The second-order valence-electron chi connectivity index (χ2n) is 4.57. The van der Waals surface area contributed by atoms with Gasteiger partial charge >= 0.3 is 0 Å². The predicted octanol–water partition coefficient (Wildman–Crippen LogP) is 4.08. The number of rotatable bonds is 5. The van der Waals surface area contributed by atoms with Gasteiger partial charge in [0.25, 0.3) is 5.91 Å². The van der Waals surface area contributed by atoms with Gasteiger partial charge in [0.2, 0.25) is 0 Å². The van der Waals surface area contributed by atoms with Crippen LogP contribution in [0.1, 0.15) is 36.2 Å². The Balaban J connectivity index is 2.98. The Morgan fingerprint density at radius 1 is 1.44 bits per heavy atom. The molecular formula is C14H19ClINO. The van der Waals surface area contributed by atoms with Gasteiger partial charge in [-0.1, -0.05) is 12.1 Å². The van der Waals surface area contributed by atoms with E-state index < -0.39 is 0 Å². The van der Waals surface area contributed by atoms with Crippen molar-refractivity contribution < 1.29 is 4.79 Å². The van der Waals surface area contributed by atoms with Crippen LogP contribution < -0.4 is 0 Å². The number of alkyl halides is 1. The van der Waals surface area contributed by atoms with Gasteiger partial charge in [-0.15, -0.1) is 11.6 Å². The number of carbonyl (C=O) groups excluding carboxylic acids is 1.